The Balaban J connectivity index is 1.49. The van der Waals surface area contributed by atoms with E-state index in [1.807, 2.05) is 0 Å². The number of carboxylic acids is 1. The van der Waals surface area contributed by atoms with Crippen LogP contribution in [0.1, 0.15) is 62.2 Å². The smallest absolute Gasteiger partial charge is 0.318 e. The van der Waals surface area contributed by atoms with Gasteiger partial charge in [-0.1, -0.05) is 12.1 Å². The topological polar surface area (TPSA) is 134 Å². The van der Waals surface area contributed by atoms with Gasteiger partial charge >= 0.3 is 5.97 Å². The molecule has 1 heterocycles. The molecular weight excluding hydrogens is 534 g/mol. The SMILES string of the molecule is CN(C)C(=O)c1ccc2c(c1)CCc1cc(C(=O)N(C)C)ccc1C2(CCNCC(=O)N1[C@H](C#N)C[C@@H]2C[C@@H]21)C(=O)O. The first-order valence-corrected chi connectivity index (χ1v) is 14.3. The molecule has 3 aliphatic rings. The maximum atomic E-state index is 13.4. The number of nitrogens with one attached hydrogen (secondary N) is 1. The van der Waals surface area contributed by atoms with Crippen LogP contribution in [0, 0.1) is 17.2 Å². The van der Waals surface area contributed by atoms with Crippen LogP contribution in [0.15, 0.2) is 36.4 Å². The quantitative estimate of drug-likeness (QED) is 0.463. The number of carboxylic acid groups (broad SMARTS) is 1. The van der Waals surface area contributed by atoms with Gasteiger partial charge in [0.15, 0.2) is 0 Å². The van der Waals surface area contributed by atoms with Gasteiger partial charge in [-0.2, -0.15) is 5.26 Å². The molecule has 5 rings (SSSR count). The number of likely N-dealkylation sites (tertiary alicyclic amines) is 1. The van der Waals surface area contributed by atoms with E-state index in [9.17, 15) is 29.5 Å². The Morgan fingerprint density at radius 1 is 0.952 bits per heavy atom. The normalized spacial score (nSPS) is 21.2. The largest absolute Gasteiger partial charge is 0.480 e. The number of benzene rings is 2. The molecule has 0 bridgehead atoms. The van der Waals surface area contributed by atoms with Crippen LogP contribution in [0.2, 0.25) is 0 Å². The highest BCUT2D eigenvalue weighted by molar-refractivity contribution is 5.96. The summed E-state index contributed by atoms with van der Waals surface area (Å²) in [7, 11) is 6.69. The molecule has 2 fully saturated rings. The van der Waals surface area contributed by atoms with Crippen molar-refractivity contribution in [2.45, 2.75) is 49.6 Å². The maximum Gasteiger partial charge on any atom is 0.318 e. The summed E-state index contributed by atoms with van der Waals surface area (Å²) in [5, 5.41) is 23.6. The van der Waals surface area contributed by atoms with Crippen molar-refractivity contribution in [1.29, 1.82) is 5.26 Å². The number of rotatable bonds is 8. The molecule has 1 aliphatic heterocycles. The van der Waals surface area contributed by atoms with E-state index in [0.717, 1.165) is 24.0 Å². The van der Waals surface area contributed by atoms with Crippen molar-refractivity contribution in [1.82, 2.24) is 20.0 Å². The van der Waals surface area contributed by atoms with Crippen LogP contribution in [0.5, 0.6) is 0 Å². The van der Waals surface area contributed by atoms with Gasteiger partial charge < -0.3 is 25.1 Å². The minimum atomic E-state index is -1.47. The van der Waals surface area contributed by atoms with E-state index in [0.29, 0.717) is 41.0 Å². The predicted octanol–water partition coefficient (Wildman–Crippen LogP) is 2.05. The lowest BCUT2D eigenvalue weighted by Crippen LogP contribution is -2.45. The summed E-state index contributed by atoms with van der Waals surface area (Å²) >= 11 is 0. The van der Waals surface area contributed by atoms with Gasteiger partial charge in [0.1, 0.15) is 11.5 Å². The Morgan fingerprint density at radius 2 is 1.50 bits per heavy atom. The van der Waals surface area contributed by atoms with E-state index in [1.165, 1.54) is 9.80 Å². The number of nitriles is 1. The highest BCUT2D eigenvalue weighted by Gasteiger charge is 2.54. The molecule has 42 heavy (non-hydrogen) atoms. The number of amides is 3. The van der Waals surface area contributed by atoms with Gasteiger partial charge in [-0.3, -0.25) is 19.2 Å². The van der Waals surface area contributed by atoms with Crippen LogP contribution in [0.3, 0.4) is 0 Å². The second kappa shape index (κ2) is 11.2. The van der Waals surface area contributed by atoms with Crippen LogP contribution in [-0.4, -0.2) is 96.9 Å². The fraction of sp³-hybridized carbons (Fsp3) is 0.469. The lowest BCUT2D eigenvalue weighted by molar-refractivity contribution is -0.142. The van der Waals surface area contributed by atoms with E-state index in [-0.39, 0.29) is 43.3 Å². The van der Waals surface area contributed by atoms with Crippen molar-refractivity contribution in [2.24, 2.45) is 5.92 Å². The lowest BCUT2D eigenvalue weighted by Gasteiger charge is -2.33. The number of hydrogen-bond acceptors (Lipinski definition) is 6. The fourth-order valence-corrected chi connectivity index (χ4v) is 6.73. The molecule has 1 saturated heterocycles. The third-order valence-corrected chi connectivity index (χ3v) is 8.96. The average molecular weight is 572 g/mol. The molecule has 1 saturated carbocycles. The van der Waals surface area contributed by atoms with Crippen molar-refractivity contribution >= 4 is 23.7 Å². The zero-order chi connectivity index (χ0) is 30.3. The molecule has 3 amide bonds. The molecule has 0 unspecified atom stereocenters. The molecule has 2 aliphatic carbocycles. The van der Waals surface area contributed by atoms with E-state index >= 15 is 0 Å². The van der Waals surface area contributed by atoms with Gasteiger partial charge in [0.25, 0.3) is 11.8 Å². The van der Waals surface area contributed by atoms with Gasteiger partial charge in [-0.25, -0.2) is 0 Å². The molecule has 2 aromatic carbocycles. The van der Waals surface area contributed by atoms with Gasteiger partial charge in [-0.15, -0.1) is 0 Å². The third kappa shape index (κ3) is 5.02. The second-order valence-electron chi connectivity index (χ2n) is 12.0. The van der Waals surface area contributed by atoms with Crippen LogP contribution in [-0.2, 0) is 27.8 Å². The summed E-state index contributed by atoms with van der Waals surface area (Å²) in [5.41, 5.74) is 2.24. The van der Waals surface area contributed by atoms with Crippen molar-refractivity contribution in [2.75, 3.05) is 41.3 Å². The summed E-state index contributed by atoms with van der Waals surface area (Å²) in [5.74, 6) is -1.11. The first-order valence-electron chi connectivity index (χ1n) is 14.3. The first-order chi connectivity index (χ1) is 20.0. The molecule has 2 N–H and O–H groups in total. The van der Waals surface area contributed by atoms with E-state index in [2.05, 4.69) is 11.4 Å². The van der Waals surface area contributed by atoms with Crippen molar-refractivity contribution in [3.05, 3.63) is 69.8 Å². The summed E-state index contributed by atoms with van der Waals surface area (Å²) < 4.78 is 0. The third-order valence-electron chi connectivity index (χ3n) is 8.96. The van der Waals surface area contributed by atoms with Crippen LogP contribution in [0.25, 0.3) is 0 Å². The fourth-order valence-electron chi connectivity index (χ4n) is 6.73. The summed E-state index contributed by atoms with van der Waals surface area (Å²) in [6.07, 6.45) is 2.82. The average Bonchev–Trinajstić information content (AvgIpc) is 3.66. The summed E-state index contributed by atoms with van der Waals surface area (Å²) in [6, 6.07) is 12.4. The Labute approximate surface area is 245 Å². The second-order valence-corrected chi connectivity index (χ2v) is 12.0. The predicted molar refractivity (Wildman–Crippen MR) is 155 cm³/mol. The molecule has 3 atom stereocenters. The molecule has 220 valence electrons. The molecule has 0 radical (unpaired) electrons. The molecule has 10 heteroatoms. The van der Waals surface area contributed by atoms with Crippen LogP contribution < -0.4 is 5.32 Å². The number of fused-ring (bicyclic) bond motifs is 3. The van der Waals surface area contributed by atoms with Gasteiger partial charge in [0.05, 0.1) is 12.6 Å². The molecule has 0 aromatic heterocycles. The van der Waals surface area contributed by atoms with Crippen molar-refractivity contribution < 1.29 is 24.3 Å². The molecule has 10 nitrogen and oxygen atoms in total. The number of piperidine rings is 1. The van der Waals surface area contributed by atoms with Crippen LogP contribution >= 0.6 is 0 Å². The minimum absolute atomic E-state index is 0.0172. The Morgan fingerprint density at radius 3 is 1.98 bits per heavy atom. The standard InChI is InChI=1S/C32H37N5O5/c1-35(2)29(39)21-7-9-25-19(13-21)5-6-20-14-22(30(40)36(3)4)8-10-26(20)32(25,31(41)42)11-12-34-18-28(38)37-24(17-33)15-23-16-27(23)37/h7-10,13-14,23-24,27,34H,5-6,11-12,15-16,18H2,1-4H3,(H,41,42)/t23-,24+,27+/m1/s1. The van der Waals surface area contributed by atoms with Crippen molar-refractivity contribution in [3.8, 4) is 6.07 Å². The molecule has 2 aromatic rings. The number of nitrogens with zero attached hydrogens (tertiary/aromatic N) is 4. The Hall–Kier alpha value is -4.23. The van der Waals surface area contributed by atoms with Crippen LogP contribution in [0.4, 0.5) is 0 Å². The zero-order valence-corrected chi connectivity index (χ0v) is 24.5. The summed E-state index contributed by atoms with van der Waals surface area (Å²) in [6.45, 7) is 0.246. The zero-order valence-electron chi connectivity index (χ0n) is 24.5. The number of carbonyl (C=O) groups is 4. The number of aryl methyl sites for hydroxylation is 2. The van der Waals surface area contributed by atoms with Gasteiger partial charge in [0, 0.05) is 45.4 Å². The minimum Gasteiger partial charge on any atom is -0.480 e. The van der Waals surface area contributed by atoms with Gasteiger partial charge in [-0.05, 0) is 91.1 Å². The molecule has 0 spiro atoms. The summed E-state index contributed by atoms with van der Waals surface area (Å²) in [4.78, 5) is 56.6. The highest BCUT2D eigenvalue weighted by Crippen LogP contribution is 2.47. The van der Waals surface area contributed by atoms with E-state index in [1.54, 1.807) is 69.5 Å². The number of aliphatic carboxylic acids is 1. The Bertz CT molecular complexity index is 1420. The lowest BCUT2D eigenvalue weighted by atomic mass is 9.69. The highest BCUT2D eigenvalue weighted by atomic mass is 16.4. The first kappa shape index (κ1) is 29.3. The number of carbonyl (C=O) groups excluding carboxylic acids is 3. The number of hydrogen-bond donors (Lipinski definition) is 2. The van der Waals surface area contributed by atoms with Gasteiger partial charge in [0.2, 0.25) is 5.91 Å². The Kier molecular flexibility index (Phi) is 7.82. The maximum absolute atomic E-state index is 13.4. The van der Waals surface area contributed by atoms with Crippen molar-refractivity contribution in [3.63, 3.8) is 0 Å². The molecular formula is C32H37N5O5. The monoisotopic (exact) mass is 571 g/mol. The van der Waals surface area contributed by atoms with E-state index < -0.39 is 17.4 Å². The van der Waals surface area contributed by atoms with E-state index in [4.69, 9.17) is 0 Å².